The smallest absolute Gasteiger partial charge is 0.269 e. The zero-order chi connectivity index (χ0) is 19.8. The monoisotopic (exact) mass is 385 g/mol. The van der Waals surface area contributed by atoms with Gasteiger partial charge in [-0.3, -0.25) is 4.79 Å². The van der Waals surface area contributed by atoms with Crippen LogP contribution in [-0.2, 0) is 0 Å². The van der Waals surface area contributed by atoms with Crippen molar-refractivity contribution in [2.24, 2.45) is 0 Å². The molecule has 0 amide bonds. The molecule has 1 saturated carbocycles. The van der Waals surface area contributed by atoms with E-state index < -0.39 is 0 Å². The number of fused-ring (bicyclic) bond motifs is 3. The van der Waals surface area contributed by atoms with E-state index in [1.807, 2.05) is 22.9 Å². The van der Waals surface area contributed by atoms with Crippen LogP contribution in [0.2, 0.25) is 0 Å². The fourth-order valence-corrected chi connectivity index (χ4v) is 4.22. The van der Waals surface area contributed by atoms with Crippen LogP contribution in [0.4, 0.5) is 5.82 Å². The van der Waals surface area contributed by atoms with Gasteiger partial charge in [0.15, 0.2) is 0 Å². The molecule has 0 saturated heterocycles. The van der Waals surface area contributed by atoms with E-state index in [-0.39, 0.29) is 11.6 Å². The molecule has 1 fully saturated rings. The van der Waals surface area contributed by atoms with Gasteiger partial charge in [0.25, 0.3) is 5.56 Å². The maximum atomic E-state index is 12.7. The predicted molar refractivity (Wildman–Crippen MR) is 110 cm³/mol. The molecule has 0 unspecified atom stereocenters. The number of nitrogens with one attached hydrogen (secondary N) is 2. The normalized spacial score (nSPS) is 19.3. The highest BCUT2D eigenvalue weighted by Crippen LogP contribution is 2.32. The number of H-pyrrole nitrogens is 1. The van der Waals surface area contributed by atoms with E-state index >= 15 is 0 Å². The summed E-state index contributed by atoms with van der Waals surface area (Å²) in [5, 5.41) is 13.3. The molecule has 0 atom stereocenters. The summed E-state index contributed by atoms with van der Waals surface area (Å²) >= 11 is 0. The zero-order valence-corrected chi connectivity index (χ0v) is 15.7. The third-order valence-electron chi connectivity index (χ3n) is 5.64. The van der Waals surface area contributed by atoms with Gasteiger partial charge < -0.3 is 14.9 Å². The van der Waals surface area contributed by atoms with Crippen molar-refractivity contribution < 1.29 is 0 Å². The first-order valence-corrected chi connectivity index (χ1v) is 9.69. The molecule has 4 heterocycles. The lowest BCUT2D eigenvalue weighted by atomic mass is 9.90. The minimum Gasteiger partial charge on any atom is -0.367 e. The van der Waals surface area contributed by atoms with Crippen LogP contribution in [0, 0.1) is 11.3 Å². The standard InChI is InChI=1S/C21H19N7O/c22-9-13-1-6-18(25-10-13)27-14-2-4-15(5-3-14)28-19(29)12-24-17-11-26-21-16(20(17)28)7-8-23-21/h1,6-8,10-12,14-15H,2-5H2,(H,23,26)(H,25,27)/t14-,15-. The highest BCUT2D eigenvalue weighted by Gasteiger charge is 2.25. The van der Waals surface area contributed by atoms with Gasteiger partial charge in [0.05, 0.1) is 23.5 Å². The van der Waals surface area contributed by atoms with Crippen LogP contribution in [-0.4, -0.2) is 30.5 Å². The Morgan fingerprint density at radius 1 is 1.07 bits per heavy atom. The minimum atomic E-state index is -0.0728. The Labute approximate surface area is 166 Å². The van der Waals surface area contributed by atoms with E-state index in [1.165, 1.54) is 6.20 Å². The number of anilines is 1. The first-order valence-electron chi connectivity index (χ1n) is 9.69. The van der Waals surface area contributed by atoms with Crippen molar-refractivity contribution in [2.75, 3.05) is 5.32 Å². The summed E-state index contributed by atoms with van der Waals surface area (Å²) in [5.41, 5.74) is 2.83. The molecular formula is C21H19N7O. The summed E-state index contributed by atoms with van der Waals surface area (Å²) in [6, 6.07) is 8.05. The lowest BCUT2D eigenvalue weighted by Crippen LogP contribution is -2.32. The number of hydrogen-bond donors (Lipinski definition) is 2. The second-order valence-electron chi connectivity index (χ2n) is 7.39. The van der Waals surface area contributed by atoms with Gasteiger partial charge in [0.1, 0.15) is 23.1 Å². The lowest BCUT2D eigenvalue weighted by molar-refractivity contribution is 0.335. The molecule has 0 radical (unpaired) electrons. The highest BCUT2D eigenvalue weighted by atomic mass is 16.1. The fourth-order valence-electron chi connectivity index (χ4n) is 4.22. The zero-order valence-electron chi connectivity index (χ0n) is 15.7. The molecule has 4 aromatic rings. The van der Waals surface area contributed by atoms with Gasteiger partial charge in [-0.1, -0.05) is 0 Å². The number of nitrogens with zero attached hydrogens (tertiary/aromatic N) is 5. The minimum absolute atomic E-state index is 0.0728. The molecule has 0 bridgehead atoms. The molecule has 29 heavy (non-hydrogen) atoms. The number of nitriles is 1. The Balaban J connectivity index is 1.40. The van der Waals surface area contributed by atoms with Gasteiger partial charge in [-0.15, -0.1) is 0 Å². The predicted octanol–water partition coefficient (Wildman–Crippen LogP) is 3.14. The molecule has 2 N–H and O–H groups in total. The van der Waals surface area contributed by atoms with Gasteiger partial charge in [0, 0.05) is 29.9 Å². The van der Waals surface area contributed by atoms with E-state index in [0.717, 1.165) is 53.6 Å². The van der Waals surface area contributed by atoms with Gasteiger partial charge in [-0.2, -0.15) is 5.26 Å². The largest absolute Gasteiger partial charge is 0.367 e. The molecule has 8 nitrogen and oxygen atoms in total. The van der Waals surface area contributed by atoms with Crippen LogP contribution < -0.4 is 10.9 Å². The Morgan fingerprint density at radius 2 is 1.93 bits per heavy atom. The second-order valence-corrected chi connectivity index (χ2v) is 7.39. The van der Waals surface area contributed by atoms with Crippen molar-refractivity contribution >= 4 is 27.9 Å². The molecule has 4 aromatic heterocycles. The van der Waals surface area contributed by atoms with Gasteiger partial charge in [0.2, 0.25) is 0 Å². The van der Waals surface area contributed by atoms with Crippen molar-refractivity contribution in [1.82, 2.24) is 24.5 Å². The van der Waals surface area contributed by atoms with Crippen molar-refractivity contribution in [1.29, 1.82) is 5.26 Å². The van der Waals surface area contributed by atoms with Crippen LogP contribution in [0.25, 0.3) is 22.1 Å². The van der Waals surface area contributed by atoms with Crippen molar-refractivity contribution in [3.63, 3.8) is 0 Å². The SMILES string of the molecule is N#Cc1ccc(N[C@H]2CC[C@H](n3c(=O)cnc4cnc5[nH]ccc5c43)CC2)nc1. The second kappa shape index (κ2) is 7.02. The number of pyridine rings is 2. The van der Waals surface area contributed by atoms with E-state index in [9.17, 15) is 4.79 Å². The van der Waals surface area contributed by atoms with Crippen LogP contribution >= 0.6 is 0 Å². The Bertz CT molecular complexity index is 1270. The highest BCUT2D eigenvalue weighted by molar-refractivity contribution is 6.00. The fraction of sp³-hybridized carbons (Fsp3) is 0.286. The number of hydrogen-bond acceptors (Lipinski definition) is 6. The Hall–Kier alpha value is -3.73. The van der Waals surface area contributed by atoms with E-state index in [1.54, 1.807) is 18.5 Å². The molecule has 0 aromatic carbocycles. The first-order chi connectivity index (χ1) is 14.2. The van der Waals surface area contributed by atoms with Crippen LogP contribution in [0.5, 0.6) is 0 Å². The number of aromatic nitrogens is 5. The third kappa shape index (κ3) is 3.10. The Morgan fingerprint density at radius 3 is 2.69 bits per heavy atom. The summed E-state index contributed by atoms with van der Waals surface area (Å²) in [6.07, 6.45) is 10.2. The maximum absolute atomic E-state index is 12.7. The van der Waals surface area contributed by atoms with Crippen LogP contribution in [0.3, 0.4) is 0 Å². The average Bonchev–Trinajstić information content (AvgIpc) is 3.24. The van der Waals surface area contributed by atoms with Gasteiger partial charge >= 0.3 is 0 Å². The van der Waals surface area contributed by atoms with E-state index in [4.69, 9.17) is 5.26 Å². The van der Waals surface area contributed by atoms with Crippen molar-refractivity contribution in [3.05, 3.63) is 58.9 Å². The number of rotatable bonds is 3. The van der Waals surface area contributed by atoms with E-state index in [0.29, 0.717) is 11.6 Å². The summed E-state index contributed by atoms with van der Waals surface area (Å²) in [5.74, 6) is 0.777. The van der Waals surface area contributed by atoms with E-state index in [2.05, 4.69) is 31.3 Å². The first kappa shape index (κ1) is 17.4. The lowest BCUT2D eigenvalue weighted by Gasteiger charge is -2.31. The molecule has 0 spiro atoms. The summed E-state index contributed by atoms with van der Waals surface area (Å²) in [6.45, 7) is 0. The number of aromatic amines is 1. The summed E-state index contributed by atoms with van der Waals surface area (Å²) in [4.78, 5) is 28.8. The van der Waals surface area contributed by atoms with Crippen LogP contribution in [0.15, 0.2) is 47.8 Å². The quantitative estimate of drug-likeness (QED) is 0.560. The maximum Gasteiger partial charge on any atom is 0.269 e. The molecule has 144 valence electrons. The van der Waals surface area contributed by atoms with Crippen molar-refractivity contribution in [2.45, 2.75) is 37.8 Å². The topological polar surface area (TPSA) is 112 Å². The third-order valence-corrected chi connectivity index (χ3v) is 5.64. The molecule has 8 heteroatoms. The molecule has 1 aliphatic carbocycles. The molecule has 0 aliphatic heterocycles. The van der Waals surface area contributed by atoms with Gasteiger partial charge in [-0.05, 0) is 43.9 Å². The summed E-state index contributed by atoms with van der Waals surface area (Å²) in [7, 11) is 0. The average molecular weight is 385 g/mol. The van der Waals surface area contributed by atoms with Crippen molar-refractivity contribution in [3.8, 4) is 6.07 Å². The van der Waals surface area contributed by atoms with Gasteiger partial charge in [-0.25, -0.2) is 15.0 Å². The van der Waals surface area contributed by atoms with Crippen LogP contribution in [0.1, 0.15) is 37.3 Å². The Kier molecular flexibility index (Phi) is 4.21. The molecule has 1 aliphatic rings. The molecular weight excluding hydrogens is 366 g/mol. The summed E-state index contributed by atoms with van der Waals surface area (Å²) < 4.78 is 1.90. The molecule has 5 rings (SSSR count).